The number of benzene rings is 2. The molecule has 2 aromatic rings. The fourth-order valence-electron chi connectivity index (χ4n) is 1.84. The Labute approximate surface area is 114 Å². The quantitative estimate of drug-likeness (QED) is 0.371. The summed E-state index contributed by atoms with van der Waals surface area (Å²) in [5.74, 6) is -0.383. The molecule has 0 saturated carbocycles. The van der Waals surface area contributed by atoms with E-state index in [4.69, 9.17) is 11.6 Å². The summed E-state index contributed by atoms with van der Waals surface area (Å²) in [6, 6.07) is 13.0. The van der Waals surface area contributed by atoms with Crippen molar-refractivity contribution in [3.8, 4) is 0 Å². The third kappa shape index (κ3) is 2.63. The van der Waals surface area contributed by atoms with Gasteiger partial charge in [0.05, 0.1) is 10.8 Å². The first kappa shape index (κ1) is 13.2. The van der Waals surface area contributed by atoms with Gasteiger partial charge in [-0.05, 0) is 6.07 Å². The molecule has 0 aliphatic heterocycles. The Balaban J connectivity index is 2.57. The van der Waals surface area contributed by atoms with E-state index in [-0.39, 0.29) is 22.9 Å². The highest BCUT2D eigenvalue weighted by Crippen LogP contribution is 2.27. The summed E-state index contributed by atoms with van der Waals surface area (Å²) in [4.78, 5) is 22.9. The first-order chi connectivity index (χ1) is 9.15. The van der Waals surface area contributed by atoms with Crippen LogP contribution in [0.4, 0.5) is 5.69 Å². The van der Waals surface area contributed by atoms with Crippen LogP contribution in [0.1, 0.15) is 21.5 Å². The summed E-state index contributed by atoms with van der Waals surface area (Å²) in [5, 5.41) is 11.1. The molecule has 96 valence electrons. The number of carbonyl (C=O) groups is 1. The minimum Gasteiger partial charge on any atom is -0.288 e. The molecule has 0 unspecified atom stereocenters. The van der Waals surface area contributed by atoms with E-state index in [0.717, 1.165) is 0 Å². The Bertz CT molecular complexity index is 626. The van der Waals surface area contributed by atoms with E-state index in [1.165, 1.54) is 6.07 Å². The summed E-state index contributed by atoms with van der Waals surface area (Å²) in [5.41, 5.74) is 0.603. The van der Waals surface area contributed by atoms with Gasteiger partial charge >= 0.3 is 0 Å². The monoisotopic (exact) mass is 275 g/mol. The van der Waals surface area contributed by atoms with E-state index in [0.29, 0.717) is 11.1 Å². The van der Waals surface area contributed by atoms with Crippen LogP contribution in [0.3, 0.4) is 0 Å². The minimum atomic E-state index is -0.562. The van der Waals surface area contributed by atoms with Crippen molar-refractivity contribution in [2.75, 3.05) is 0 Å². The third-order valence-corrected chi connectivity index (χ3v) is 3.01. The van der Waals surface area contributed by atoms with Crippen LogP contribution in [0.5, 0.6) is 0 Å². The van der Waals surface area contributed by atoms with E-state index >= 15 is 0 Å². The number of nitro benzene ring substituents is 1. The SMILES string of the molecule is O=C(c1ccccc1)c1cccc(CCl)c1[N+](=O)[O-]. The lowest BCUT2D eigenvalue weighted by atomic mass is 9.99. The summed E-state index contributed by atoms with van der Waals surface area (Å²) in [7, 11) is 0. The molecule has 5 heteroatoms. The van der Waals surface area contributed by atoms with Crippen molar-refractivity contribution in [3.63, 3.8) is 0 Å². The van der Waals surface area contributed by atoms with Crippen molar-refractivity contribution >= 4 is 23.1 Å². The molecule has 2 rings (SSSR count). The number of halogens is 1. The first-order valence-corrected chi connectivity index (χ1v) is 6.10. The smallest absolute Gasteiger partial charge is 0.284 e. The van der Waals surface area contributed by atoms with Crippen LogP contribution in [0.2, 0.25) is 0 Å². The fourth-order valence-corrected chi connectivity index (χ4v) is 2.06. The molecule has 0 bridgehead atoms. The van der Waals surface area contributed by atoms with Gasteiger partial charge in [0.1, 0.15) is 5.56 Å². The number of nitrogens with zero attached hydrogens (tertiary/aromatic N) is 1. The predicted molar refractivity (Wildman–Crippen MR) is 72.5 cm³/mol. The van der Waals surface area contributed by atoms with Gasteiger partial charge in [0.2, 0.25) is 0 Å². The Hall–Kier alpha value is -2.20. The van der Waals surface area contributed by atoms with Gasteiger partial charge in [0.25, 0.3) is 5.69 Å². The van der Waals surface area contributed by atoms with Crippen LogP contribution in [-0.4, -0.2) is 10.7 Å². The molecule has 0 radical (unpaired) electrons. The second kappa shape index (κ2) is 5.63. The molecule has 0 saturated heterocycles. The molecule has 0 aliphatic rings. The third-order valence-electron chi connectivity index (χ3n) is 2.73. The van der Waals surface area contributed by atoms with Crippen molar-refractivity contribution in [3.05, 3.63) is 75.3 Å². The van der Waals surface area contributed by atoms with Gasteiger partial charge in [0.15, 0.2) is 5.78 Å². The molecule has 0 N–H and O–H groups in total. The number of hydrogen-bond acceptors (Lipinski definition) is 3. The lowest BCUT2D eigenvalue weighted by Crippen LogP contribution is -2.07. The summed E-state index contributed by atoms with van der Waals surface area (Å²) in [6.45, 7) is 0. The Morgan fingerprint density at radius 3 is 2.37 bits per heavy atom. The summed E-state index contributed by atoms with van der Waals surface area (Å²) >= 11 is 5.68. The number of hydrogen-bond donors (Lipinski definition) is 0. The van der Waals surface area contributed by atoms with Gasteiger partial charge in [0, 0.05) is 11.1 Å². The van der Waals surface area contributed by atoms with Gasteiger partial charge < -0.3 is 0 Å². The first-order valence-electron chi connectivity index (χ1n) is 5.57. The Morgan fingerprint density at radius 1 is 1.11 bits per heavy atom. The molecule has 2 aromatic carbocycles. The topological polar surface area (TPSA) is 60.2 Å². The van der Waals surface area contributed by atoms with Gasteiger partial charge in [-0.2, -0.15) is 0 Å². The normalized spacial score (nSPS) is 10.2. The van der Waals surface area contributed by atoms with Crippen molar-refractivity contribution in [1.82, 2.24) is 0 Å². The zero-order valence-corrected chi connectivity index (χ0v) is 10.6. The van der Waals surface area contributed by atoms with E-state index < -0.39 is 4.92 Å². The summed E-state index contributed by atoms with van der Waals surface area (Å²) in [6.07, 6.45) is 0. The van der Waals surface area contributed by atoms with E-state index in [1.54, 1.807) is 42.5 Å². The average Bonchev–Trinajstić information content (AvgIpc) is 2.46. The minimum absolute atomic E-state index is 0.00772. The van der Waals surface area contributed by atoms with Crippen molar-refractivity contribution < 1.29 is 9.72 Å². The fraction of sp³-hybridized carbons (Fsp3) is 0.0714. The molecule has 0 aliphatic carbocycles. The number of para-hydroxylation sites is 1. The number of carbonyl (C=O) groups excluding carboxylic acids is 1. The van der Waals surface area contributed by atoms with Crippen LogP contribution >= 0.6 is 11.6 Å². The molecule has 19 heavy (non-hydrogen) atoms. The summed E-state index contributed by atoms with van der Waals surface area (Å²) < 4.78 is 0. The highest BCUT2D eigenvalue weighted by molar-refractivity contribution is 6.18. The molecule has 0 heterocycles. The van der Waals surface area contributed by atoms with Crippen LogP contribution in [0.15, 0.2) is 48.5 Å². The van der Waals surface area contributed by atoms with E-state index in [9.17, 15) is 14.9 Å². The molecule has 4 nitrogen and oxygen atoms in total. The molecule has 0 aromatic heterocycles. The zero-order chi connectivity index (χ0) is 13.8. The number of nitro groups is 1. The van der Waals surface area contributed by atoms with E-state index in [1.807, 2.05) is 0 Å². The molecule has 0 fully saturated rings. The van der Waals surface area contributed by atoms with Gasteiger partial charge in [-0.15, -0.1) is 11.6 Å². The molecule has 0 amide bonds. The predicted octanol–water partition coefficient (Wildman–Crippen LogP) is 3.56. The van der Waals surface area contributed by atoms with E-state index in [2.05, 4.69) is 0 Å². The average molecular weight is 276 g/mol. The largest absolute Gasteiger partial charge is 0.288 e. The van der Waals surface area contributed by atoms with Crippen molar-refractivity contribution in [2.45, 2.75) is 5.88 Å². The van der Waals surface area contributed by atoms with Gasteiger partial charge in [-0.3, -0.25) is 14.9 Å². The second-order valence-electron chi connectivity index (χ2n) is 3.90. The van der Waals surface area contributed by atoms with Crippen LogP contribution in [0, 0.1) is 10.1 Å². The van der Waals surface area contributed by atoms with Crippen LogP contribution < -0.4 is 0 Å². The molecular formula is C14H10ClNO3. The van der Waals surface area contributed by atoms with Crippen molar-refractivity contribution in [1.29, 1.82) is 0 Å². The van der Waals surface area contributed by atoms with Gasteiger partial charge in [-0.1, -0.05) is 42.5 Å². The van der Waals surface area contributed by atoms with Gasteiger partial charge in [-0.25, -0.2) is 0 Å². The highest BCUT2D eigenvalue weighted by Gasteiger charge is 2.24. The van der Waals surface area contributed by atoms with Crippen LogP contribution in [0.25, 0.3) is 0 Å². The number of ketones is 1. The Kier molecular flexibility index (Phi) is 3.92. The maximum atomic E-state index is 12.3. The number of alkyl halides is 1. The maximum Gasteiger partial charge on any atom is 0.284 e. The highest BCUT2D eigenvalue weighted by atomic mass is 35.5. The zero-order valence-electron chi connectivity index (χ0n) is 9.88. The van der Waals surface area contributed by atoms with Crippen molar-refractivity contribution in [2.24, 2.45) is 0 Å². The Morgan fingerprint density at radius 2 is 1.79 bits per heavy atom. The molecule has 0 atom stereocenters. The standard InChI is InChI=1S/C14H10ClNO3/c15-9-11-7-4-8-12(13(11)16(18)19)14(17)10-5-2-1-3-6-10/h1-8H,9H2. The number of rotatable bonds is 4. The van der Waals surface area contributed by atoms with Crippen LogP contribution in [-0.2, 0) is 5.88 Å². The second-order valence-corrected chi connectivity index (χ2v) is 4.17. The molecular weight excluding hydrogens is 266 g/mol. The lowest BCUT2D eigenvalue weighted by Gasteiger charge is -2.05. The molecule has 0 spiro atoms. The lowest BCUT2D eigenvalue weighted by molar-refractivity contribution is -0.385. The maximum absolute atomic E-state index is 12.3.